The Bertz CT molecular complexity index is 1150. The van der Waals surface area contributed by atoms with Crippen molar-refractivity contribution in [1.29, 1.82) is 0 Å². The molecule has 4 nitrogen and oxygen atoms in total. The summed E-state index contributed by atoms with van der Waals surface area (Å²) in [5, 5.41) is 0. The summed E-state index contributed by atoms with van der Waals surface area (Å²) in [5.41, 5.74) is 7.32. The third-order valence-corrected chi connectivity index (χ3v) is 5.59. The van der Waals surface area contributed by atoms with Gasteiger partial charge in [-0.15, -0.1) is 0 Å². The smallest absolute Gasteiger partial charge is 0.163 e. The molecule has 0 radical (unpaired) electrons. The standard InChI is InChI=1S/C27H30N4/c1-17(2)23-15-22(27-29-19(5)28-20(6)30-27)16-24(18(3)4)26(23)31-14-10-13-25(31)21-11-8-7-9-12-21/h7-18H,1-6H3. The molecular weight excluding hydrogens is 380 g/mol. The highest BCUT2D eigenvalue weighted by molar-refractivity contribution is 5.69. The quantitative estimate of drug-likeness (QED) is 0.361. The van der Waals surface area contributed by atoms with Gasteiger partial charge in [0.15, 0.2) is 5.82 Å². The first kappa shape index (κ1) is 21.0. The van der Waals surface area contributed by atoms with E-state index in [1.54, 1.807) is 0 Å². The minimum Gasteiger partial charge on any atom is -0.316 e. The van der Waals surface area contributed by atoms with Gasteiger partial charge in [0.1, 0.15) is 11.6 Å². The van der Waals surface area contributed by atoms with E-state index in [9.17, 15) is 0 Å². The van der Waals surface area contributed by atoms with E-state index in [-0.39, 0.29) is 0 Å². The molecule has 0 aliphatic carbocycles. The fraction of sp³-hybridized carbons (Fsp3) is 0.296. The fourth-order valence-electron chi connectivity index (χ4n) is 4.13. The summed E-state index contributed by atoms with van der Waals surface area (Å²) in [6, 6.07) is 19.4. The molecule has 0 atom stereocenters. The Balaban J connectivity index is 1.99. The number of rotatable bonds is 5. The minimum absolute atomic E-state index is 0.350. The maximum atomic E-state index is 4.63. The zero-order valence-electron chi connectivity index (χ0n) is 19.2. The van der Waals surface area contributed by atoms with Gasteiger partial charge < -0.3 is 4.57 Å². The van der Waals surface area contributed by atoms with Gasteiger partial charge in [0.05, 0.1) is 11.4 Å². The highest BCUT2D eigenvalue weighted by atomic mass is 15.0. The monoisotopic (exact) mass is 410 g/mol. The van der Waals surface area contributed by atoms with Gasteiger partial charge in [0.2, 0.25) is 0 Å². The average Bonchev–Trinajstić information content (AvgIpc) is 3.22. The Labute approximate surface area is 185 Å². The predicted octanol–water partition coefficient (Wildman–Crippen LogP) is 6.86. The van der Waals surface area contributed by atoms with Gasteiger partial charge in [-0.3, -0.25) is 0 Å². The van der Waals surface area contributed by atoms with Crippen LogP contribution in [0.1, 0.15) is 62.3 Å². The molecule has 2 heterocycles. The van der Waals surface area contributed by atoms with E-state index in [0.717, 1.165) is 23.0 Å². The van der Waals surface area contributed by atoms with Crippen LogP contribution in [0.3, 0.4) is 0 Å². The van der Waals surface area contributed by atoms with Crippen LogP contribution in [0.4, 0.5) is 0 Å². The predicted molar refractivity (Wildman–Crippen MR) is 128 cm³/mol. The highest BCUT2D eigenvalue weighted by Gasteiger charge is 2.21. The zero-order valence-corrected chi connectivity index (χ0v) is 19.2. The Morgan fingerprint density at radius 1 is 0.677 bits per heavy atom. The van der Waals surface area contributed by atoms with Crippen LogP contribution in [0.2, 0.25) is 0 Å². The summed E-state index contributed by atoms with van der Waals surface area (Å²) in [6.45, 7) is 12.9. The first-order chi connectivity index (χ1) is 14.8. The topological polar surface area (TPSA) is 43.6 Å². The molecule has 0 aliphatic rings. The molecule has 0 unspecified atom stereocenters. The van der Waals surface area contributed by atoms with E-state index in [1.807, 2.05) is 13.8 Å². The largest absolute Gasteiger partial charge is 0.316 e. The lowest BCUT2D eigenvalue weighted by Gasteiger charge is -2.24. The number of hydrogen-bond donors (Lipinski definition) is 0. The molecular formula is C27H30N4. The summed E-state index contributed by atoms with van der Waals surface area (Å²) in [6.07, 6.45) is 2.17. The van der Waals surface area contributed by atoms with Gasteiger partial charge >= 0.3 is 0 Å². The number of hydrogen-bond acceptors (Lipinski definition) is 3. The third-order valence-electron chi connectivity index (χ3n) is 5.59. The van der Waals surface area contributed by atoms with E-state index >= 15 is 0 Å². The van der Waals surface area contributed by atoms with Crippen molar-refractivity contribution in [3.8, 4) is 28.3 Å². The third kappa shape index (κ3) is 4.15. The summed E-state index contributed by atoms with van der Waals surface area (Å²) >= 11 is 0. The van der Waals surface area contributed by atoms with Crippen LogP contribution in [0.25, 0.3) is 28.3 Å². The lowest BCUT2D eigenvalue weighted by Crippen LogP contribution is -2.09. The van der Waals surface area contributed by atoms with Crippen molar-refractivity contribution in [2.75, 3.05) is 0 Å². The minimum atomic E-state index is 0.350. The SMILES string of the molecule is Cc1nc(C)nc(-c2cc(C(C)C)c(-n3cccc3-c3ccccc3)c(C(C)C)c2)n1. The van der Waals surface area contributed by atoms with Crippen LogP contribution in [0.15, 0.2) is 60.8 Å². The van der Waals surface area contributed by atoms with Gasteiger partial charge in [0.25, 0.3) is 0 Å². The van der Waals surface area contributed by atoms with Crippen LogP contribution in [-0.2, 0) is 0 Å². The molecule has 0 bridgehead atoms. The Morgan fingerprint density at radius 2 is 1.26 bits per heavy atom. The molecule has 4 rings (SSSR count). The van der Waals surface area contributed by atoms with Gasteiger partial charge in [-0.05, 0) is 66.6 Å². The average molecular weight is 411 g/mol. The van der Waals surface area contributed by atoms with Crippen molar-refractivity contribution in [2.45, 2.75) is 53.4 Å². The number of aryl methyl sites for hydroxylation is 2. The first-order valence-corrected chi connectivity index (χ1v) is 11.0. The second kappa shape index (κ2) is 8.46. The second-order valence-corrected chi connectivity index (χ2v) is 8.70. The molecule has 0 N–H and O–H groups in total. The van der Waals surface area contributed by atoms with Crippen molar-refractivity contribution < 1.29 is 0 Å². The molecule has 0 amide bonds. The molecule has 4 aromatic rings. The summed E-state index contributed by atoms with van der Waals surface area (Å²) < 4.78 is 2.34. The van der Waals surface area contributed by atoms with Crippen LogP contribution in [-0.4, -0.2) is 19.5 Å². The van der Waals surface area contributed by atoms with E-state index in [2.05, 4.69) is 108 Å². The molecule has 0 aliphatic heterocycles. The van der Waals surface area contributed by atoms with Crippen LogP contribution in [0, 0.1) is 13.8 Å². The van der Waals surface area contributed by atoms with Crippen molar-refractivity contribution >= 4 is 0 Å². The maximum Gasteiger partial charge on any atom is 0.163 e. The number of benzene rings is 2. The Morgan fingerprint density at radius 3 is 1.81 bits per heavy atom. The van der Waals surface area contributed by atoms with Crippen LogP contribution in [0.5, 0.6) is 0 Å². The highest BCUT2D eigenvalue weighted by Crippen LogP contribution is 2.37. The van der Waals surface area contributed by atoms with Gasteiger partial charge in [0, 0.05) is 11.8 Å². The van der Waals surface area contributed by atoms with E-state index in [4.69, 9.17) is 0 Å². The molecule has 4 heteroatoms. The molecule has 0 saturated heterocycles. The van der Waals surface area contributed by atoms with Crippen molar-refractivity contribution in [3.05, 3.63) is 83.6 Å². The molecule has 158 valence electrons. The normalized spacial score (nSPS) is 11.5. The molecule has 2 aromatic heterocycles. The fourth-order valence-corrected chi connectivity index (χ4v) is 4.13. The summed E-state index contributed by atoms with van der Waals surface area (Å²) in [5.74, 6) is 2.95. The lowest BCUT2D eigenvalue weighted by atomic mass is 9.89. The van der Waals surface area contributed by atoms with Crippen molar-refractivity contribution in [3.63, 3.8) is 0 Å². The van der Waals surface area contributed by atoms with E-state index in [1.165, 1.54) is 28.1 Å². The molecule has 0 saturated carbocycles. The molecule has 2 aromatic carbocycles. The first-order valence-electron chi connectivity index (χ1n) is 11.0. The van der Waals surface area contributed by atoms with Crippen molar-refractivity contribution in [1.82, 2.24) is 19.5 Å². The molecule has 31 heavy (non-hydrogen) atoms. The summed E-state index contributed by atoms with van der Waals surface area (Å²) in [7, 11) is 0. The lowest BCUT2D eigenvalue weighted by molar-refractivity contribution is 0.807. The maximum absolute atomic E-state index is 4.63. The van der Waals surface area contributed by atoms with Gasteiger partial charge in [-0.2, -0.15) is 0 Å². The number of aromatic nitrogens is 4. The van der Waals surface area contributed by atoms with Crippen molar-refractivity contribution in [2.24, 2.45) is 0 Å². The summed E-state index contributed by atoms with van der Waals surface area (Å²) in [4.78, 5) is 13.6. The zero-order chi connectivity index (χ0) is 22.1. The molecule has 0 fully saturated rings. The molecule has 0 spiro atoms. The van der Waals surface area contributed by atoms with E-state index < -0.39 is 0 Å². The van der Waals surface area contributed by atoms with Crippen LogP contribution < -0.4 is 0 Å². The van der Waals surface area contributed by atoms with E-state index in [0.29, 0.717) is 11.8 Å². The second-order valence-electron chi connectivity index (χ2n) is 8.70. The number of nitrogens with zero attached hydrogens (tertiary/aromatic N) is 4. The van der Waals surface area contributed by atoms with Gasteiger partial charge in [-0.25, -0.2) is 15.0 Å². The Hall–Kier alpha value is -3.27. The Kier molecular flexibility index (Phi) is 5.73. The van der Waals surface area contributed by atoms with Crippen LogP contribution >= 0.6 is 0 Å². The van der Waals surface area contributed by atoms with Gasteiger partial charge in [-0.1, -0.05) is 58.0 Å².